The predicted octanol–water partition coefficient (Wildman–Crippen LogP) is 3.30. The molecule has 2 rings (SSSR count). The Balaban J connectivity index is 2.41. The summed E-state index contributed by atoms with van der Waals surface area (Å²) in [5, 5.41) is 0. The fourth-order valence-corrected chi connectivity index (χ4v) is 2.67. The molecular formula is C17H23N3. The van der Waals surface area contributed by atoms with E-state index in [2.05, 4.69) is 54.9 Å². The minimum Gasteiger partial charge on any atom is -0.363 e. The molecule has 0 amide bonds. The molecule has 0 radical (unpaired) electrons. The highest BCUT2D eigenvalue weighted by atomic mass is 15.2. The molecule has 2 N–H and O–H groups in total. The van der Waals surface area contributed by atoms with E-state index in [1.807, 2.05) is 24.5 Å². The van der Waals surface area contributed by atoms with E-state index in [4.69, 9.17) is 5.73 Å². The normalized spacial score (nSPS) is 13.8. The Labute approximate surface area is 121 Å². The lowest BCUT2D eigenvalue weighted by Gasteiger charge is -2.36. The van der Waals surface area contributed by atoms with Crippen LogP contribution in [-0.4, -0.2) is 17.6 Å². The van der Waals surface area contributed by atoms with Crippen molar-refractivity contribution in [2.24, 2.45) is 5.73 Å². The number of hydrogen-bond acceptors (Lipinski definition) is 3. The summed E-state index contributed by atoms with van der Waals surface area (Å²) in [5.74, 6) is 0. The molecule has 3 heteroatoms. The van der Waals surface area contributed by atoms with Gasteiger partial charge in [-0.1, -0.05) is 12.1 Å². The van der Waals surface area contributed by atoms with Crippen molar-refractivity contribution >= 4 is 5.69 Å². The van der Waals surface area contributed by atoms with E-state index in [0.29, 0.717) is 0 Å². The lowest BCUT2D eigenvalue weighted by Crippen LogP contribution is -2.39. The van der Waals surface area contributed by atoms with E-state index >= 15 is 0 Å². The monoisotopic (exact) mass is 269 g/mol. The highest BCUT2D eigenvalue weighted by Crippen LogP contribution is 2.29. The molecule has 0 aliphatic heterocycles. The number of aromatic nitrogens is 1. The number of anilines is 1. The molecule has 2 atom stereocenters. The van der Waals surface area contributed by atoms with E-state index in [1.165, 1.54) is 16.8 Å². The third-order valence-corrected chi connectivity index (χ3v) is 3.56. The van der Waals surface area contributed by atoms with E-state index in [9.17, 15) is 0 Å². The Hall–Kier alpha value is -1.87. The number of nitrogens with two attached hydrogens (primary N) is 1. The highest BCUT2D eigenvalue weighted by Gasteiger charge is 2.23. The van der Waals surface area contributed by atoms with Crippen molar-refractivity contribution in [3.05, 3.63) is 59.9 Å². The zero-order valence-corrected chi connectivity index (χ0v) is 12.5. The number of benzene rings is 1. The first-order valence-corrected chi connectivity index (χ1v) is 7.12. The second-order valence-corrected chi connectivity index (χ2v) is 5.21. The number of aryl methyl sites for hydroxylation is 1. The quantitative estimate of drug-likeness (QED) is 0.905. The Morgan fingerprint density at radius 3 is 2.45 bits per heavy atom. The molecule has 0 saturated heterocycles. The molecule has 1 heterocycles. The molecule has 0 spiro atoms. The predicted molar refractivity (Wildman–Crippen MR) is 84.8 cm³/mol. The summed E-state index contributed by atoms with van der Waals surface area (Å²) < 4.78 is 0. The fourth-order valence-electron chi connectivity index (χ4n) is 2.67. The molecule has 20 heavy (non-hydrogen) atoms. The Morgan fingerprint density at radius 2 is 1.90 bits per heavy atom. The number of hydrogen-bond donors (Lipinski definition) is 1. The van der Waals surface area contributed by atoms with Gasteiger partial charge in [-0.2, -0.15) is 0 Å². The van der Waals surface area contributed by atoms with Crippen LogP contribution in [-0.2, 0) is 0 Å². The SMILES string of the molecule is CCN(c1cccc(C)c1)C(c1ccncc1)C(C)N. The van der Waals surface area contributed by atoms with Gasteiger partial charge in [0.05, 0.1) is 6.04 Å². The summed E-state index contributed by atoms with van der Waals surface area (Å²) in [6.45, 7) is 7.26. The standard InChI is InChI=1S/C17H23N3/c1-4-20(16-7-5-6-13(2)12-16)17(14(3)18)15-8-10-19-11-9-15/h5-12,14,17H,4,18H2,1-3H3. The lowest BCUT2D eigenvalue weighted by atomic mass is 9.99. The number of nitrogens with zero attached hydrogens (tertiary/aromatic N) is 2. The van der Waals surface area contributed by atoms with Crippen molar-refractivity contribution in [2.45, 2.75) is 32.9 Å². The van der Waals surface area contributed by atoms with Gasteiger partial charge in [0.1, 0.15) is 0 Å². The van der Waals surface area contributed by atoms with Gasteiger partial charge in [0.25, 0.3) is 0 Å². The number of pyridine rings is 1. The molecule has 3 nitrogen and oxygen atoms in total. The van der Waals surface area contributed by atoms with Crippen LogP contribution in [0.15, 0.2) is 48.8 Å². The van der Waals surface area contributed by atoms with Gasteiger partial charge in [-0.3, -0.25) is 4.98 Å². The lowest BCUT2D eigenvalue weighted by molar-refractivity contribution is 0.537. The van der Waals surface area contributed by atoms with Gasteiger partial charge in [-0.25, -0.2) is 0 Å². The summed E-state index contributed by atoms with van der Waals surface area (Å²) in [6, 6.07) is 12.9. The van der Waals surface area contributed by atoms with E-state index in [-0.39, 0.29) is 12.1 Å². The van der Waals surface area contributed by atoms with Gasteiger partial charge in [0, 0.05) is 30.7 Å². The van der Waals surface area contributed by atoms with Crippen LogP contribution in [0.5, 0.6) is 0 Å². The van der Waals surface area contributed by atoms with E-state index in [0.717, 1.165) is 6.54 Å². The first kappa shape index (κ1) is 14.5. The zero-order chi connectivity index (χ0) is 14.5. The van der Waals surface area contributed by atoms with Crippen LogP contribution < -0.4 is 10.6 Å². The van der Waals surface area contributed by atoms with Crippen LogP contribution >= 0.6 is 0 Å². The summed E-state index contributed by atoms with van der Waals surface area (Å²) in [6.07, 6.45) is 3.66. The summed E-state index contributed by atoms with van der Waals surface area (Å²) in [5.41, 5.74) is 9.94. The van der Waals surface area contributed by atoms with Crippen LogP contribution in [0.2, 0.25) is 0 Å². The Bertz CT molecular complexity index is 537. The minimum absolute atomic E-state index is 0.0397. The summed E-state index contributed by atoms with van der Waals surface area (Å²) in [7, 11) is 0. The molecule has 2 aromatic rings. The minimum atomic E-state index is 0.0397. The number of rotatable bonds is 5. The van der Waals surface area contributed by atoms with Crippen LogP contribution in [0.4, 0.5) is 5.69 Å². The van der Waals surface area contributed by atoms with Crippen molar-refractivity contribution in [1.29, 1.82) is 0 Å². The van der Waals surface area contributed by atoms with Crippen molar-refractivity contribution in [2.75, 3.05) is 11.4 Å². The number of likely N-dealkylation sites (N-methyl/N-ethyl adjacent to an activating group) is 1. The largest absolute Gasteiger partial charge is 0.363 e. The molecule has 1 aromatic heterocycles. The molecule has 106 valence electrons. The van der Waals surface area contributed by atoms with Gasteiger partial charge in [0.2, 0.25) is 0 Å². The topological polar surface area (TPSA) is 42.2 Å². The van der Waals surface area contributed by atoms with E-state index < -0.39 is 0 Å². The Morgan fingerprint density at radius 1 is 1.20 bits per heavy atom. The van der Waals surface area contributed by atoms with Gasteiger partial charge >= 0.3 is 0 Å². The second-order valence-electron chi connectivity index (χ2n) is 5.21. The van der Waals surface area contributed by atoms with E-state index in [1.54, 1.807) is 0 Å². The second kappa shape index (κ2) is 6.53. The molecule has 0 fully saturated rings. The van der Waals surface area contributed by atoms with Crippen LogP contribution in [0.3, 0.4) is 0 Å². The molecule has 0 aliphatic carbocycles. The highest BCUT2D eigenvalue weighted by molar-refractivity contribution is 5.51. The molecule has 0 saturated carbocycles. The summed E-state index contributed by atoms with van der Waals surface area (Å²) >= 11 is 0. The first-order valence-electron chi connectivity index (χ1n) is 7.12. The average molecular weight is 269 g/mol. The third-order valence-electron chi connectivity index (χ3n) is 3.56. The van der Waals surface area contributed by atoms with Crippen LogP contribution in [0, 0.1) is 6.92 Å². The maximum absolute atomic E-state index is 6.26. The molecule has 2 unspecified atom stereocenters. The smallest absolute Gasteiger partial charge is 0.0691 e. The van der Waals surface area contributed by atoms with Crippen LogP contribution in [0.1, 0.15) is 31.0 Å². The summed E-state index contributed by atoms with van der Waals surface area (Å²) in [4.78, 5) is 6.45. The molecule has 1 aromatic carbocycles. The molecule has 0 aliphatic rings. The average Bonchev–Trinajstić information content (AvgIpc) is 2.45. The molecular weight excluding hydrogens is 246 g/mol. The Kier molecular flexibility index (Phi) is 4.74. The van der Waals surface area contributed by atoms with Gasteiger partial charge < -0.3 is 10.6 Å². The van der Waals surface area contributed by atoms with Gasteiger partial charge in [0.15, 0.2) is 0 Å². The maximum atomic E-state index is 6.26. The van der Waals surface area contributed by atoms with Crippen molar-refractivity contribution in [3.63, 3.8) is 0 Å². The van der Waals surface area contributed by atoms with Crippen molar-refractivity contribution < 1.29 is 0 Å². The van der Waals surface area contributed by atoms with Gasteiger partial charge in [-0.15, -0.1) is 0 Å². The first-order chi connectivity index (χ1) is 9.63. The van der Waals surface area contributed by atoms with Crippen LogP contribution in [0.25, 0.3) is 0 Å². The maximum Gasteiger partial charge on any atom is 0.0691 e. The molecule has 0 bridgehead atoms. The zero-order valence-electron chi connectivity index (χ0n) is 12.5. The van der Waals surface area contributed by atoms with Crippen molar-refractivity contribution in [3.8, 4) is 0 Å². The third kappa shape index (κ3) is 3.17. The van der Waals surface area contributed by atoms with Gasteiger partial charge in [-0.05, 0) is 56.2 Å². The fraction of sp³-hybridized carbons (Fsp3) is 0.353. The van der Waals surface area contributed by atoms with Crippen molar-refractivity contribution in [1.82, 2.24) is 4.98 Å².